The summed E-state index contributed by atoms with van der Waals surface area (Å²) < 4.78 is 44.5. The van der Waals surface area contributed by atoms with E-state index in [1.165, 1.54) is 6.26 Å². The van der Waals surface area contributed by atoms with Crippen LogP contribution in [0.5, 0.6) is 0 Å². The average molecular weight is 313 g/mol. The van der Waals surface area contributed by atoms with Gasteiger partial charge in [0.1, 0.15) is 11.9 Å². The number of rotatable bonds is 5. The predicted octanol–water partition coefficient (Wildman–Crippen LogP) is 2.94. The Labute approximate surface area is 124 Å². The third-order valence-corrected chi connectivity index (χ3v) is 3.11. The highest BCUT2D eigenvalue weighted by atomic mass is 19.2. The molecule has 0 fully saturated rings. The minimum Gasteiger partial charge on any atom is -0.467 e. The number of carbonyl (C=O) groups excluding carboxylic acids is 1. The quantitative estimate of drug-likeness (QED) is 0.834. The van der Waals surface area contributed by atoms with Gasteiger partial charge in [-0.1, -0.05) is 0 Å². The first-order valence-corrected chi connectivity index (χ1v) is 6.56. The first-order chi connectivity index (χ1) is 10.4. The molecule has 0 saturated heterocycles. The van der Waals surface area contributed by atoms with Gasteiger partial charge in [0.2, 0.25) is 0 Å². The van der Waals surface area contributed by atoms with E-state index < -0.39 is 41.1 Å². The fourth-order valence-corrected chi connectivity index (χ4v) is 1.99. The fourth-order valence-electron chi connectivity index (χ4n) is 1.99. The van der Waals surface area contributed by atoms with Crippen molar-refractivity contribution in [2.75, 3.05) is 0 Å². The first-order valence-electron chi connectivity index (χ1n) is 6.56. The molecule has 1 heterocycles. The molecule has 2 rings (SSSR count). The highest BCUT2D eigenvalue weighted by Gasteiger charge is 2.21. The van der Waals surface area contributed by atoms with Gasteiger partial charge in [0.15, 0.2) is 17.5 Å². The van der Waals surface area contributed by atoms with Gasteiger partial charge < -0.3 is 14.8 Å². The molecule has 22 heavy (non-hydrogen) atoms. The maximum atomic E-state index is 13.5. The van der Waals surface area contributed by atoms with Crippen molar-refractivity contribution in [1.82, 2.24) is 5.32 Å². The van der Waals surface area contributed by atoms with Crippen molar-refractivity contribution >= 4 is 5.91 Å². The third kappa shape index (κ3) is 3.48. The summed E-state index contributed by atoms with van der Waals surface area (Å²) in [4.78, 5) is 11.9. The van der Waals surface area contributed by atoms with Crippen LogP contribution in [-0.4, -0.2) is 17.1 Å². The number of nitrogens with one attached hydrogen (secondary N) is 1. The topological polar surface area (TPSA) is 62.5 Å². The number of hydrogen-bond acceptors (Lipinski definition) is 3. The van der Waals surface area contributed by atoms with Crippen LogP contribution in [-0.2, 0) is 0 Å². The van der Waals surface area contributed by atoms with Gasteiger partial charge in [-0.15, -0.1) is 0 Å². The summed E-state index contributed by atoms with van der Waals surface area (Å²) in [6.07, 6.45) is 0.573. The van der Waals surface area contributed by atoms with E-state index >= 15 is 0 Å². The van der Waals surface area contributed by atoms with E-state index in [1.54, 1.807) is 19.1 Å². The summed E-state index contributed by atoms with van der Waals surface area (Å²) in [7, 11) is 0. The molecule has 2 aromatic rings. The summed E-state index contributed by atoms with van der Waals surface area (Å²) in [6.45, 7) is 1.59. The van der Waals surface area contributed by atoms with Crippen LogP contribution in [0.25, 0.3) is 0 Å². The number of aliphatic hydroxyl groups excluding tert-OH is 1. The molecule has 0 aliphatic carbocycles. The largest absolute Gasteiger partial charge is 0.467 e. The van der Waals surface area contributed by atoms with Gasteiger partial charge in [-0.2, -0.15) is 0 Å². The molecule has 2 atom stereocenters. The Kier molecular flexibility index (Phi) is 4.87. The molecule has 0 aliphatic rings. The molecular weight excluding hydrogens is 299 g/mol. The summed E-state index contributed by atoms with van der Waals surface area (Å²) >= 11 is 0. The van der Waals surface area contributed by atoms with Crippen LogP contribution in [0.2, 0.25) is 0 Å². The van der Waals surface area contributed by atoms with E-state index in [0.717, 1.165) is 6.07 Å². The molecule has 2 unspecified atom stereocenters. The minimum absolute atomic E-state index is 0.116. The van der Waals surface area contributed by atoms with Crippen molar-refractivity contribution in [3.63, 3.8) is 0 Å². The van der Waals surface area contributed by atoms with Crippen LogP contribution in [0, 0.1) is 17.5 Å². The molecule has 7 heteroatoms. The number of carbonyl (C=O) groups is 1. The molecule has 0 radical (unpaired) electrons. The van der Waals surface area contributed by atoms with E-state index in [9.17, 15) is 23.1 Å². The summed E-state index contributed by atoms with van der Waals surface area (Å²) in [5.41, 5.74) is -0.599. The fraction of sp³-hybridized carbons (Fsp3) is 0.267. The van der Waals surface area contributed by atoms with E-state index in [2.05, 4.69) is 5.32 Å². The van der Waals surface area contributed by atoms with Crippen molar-refractivity contribution in [2.24, 2.45) is 0 Å². The summed E-state index contributed by atoms with van der Waals surface area (Å²) in [6, 6.07) is 4.18. The standard InChI is InChI=1S/C15H14F3NO3/c1-8(7-11(20)12-3-2-6-22-12)19-15(21)9-4-5-10(16)14(18)13(9)17/h2-6,8,11,20H,7H2,1H3,(H,19,21). The first kappa shape index (κ1) is 16.1. The highest BCUT2D eigenvalue weighted by molar-refractivity contribution is 5.94. The lowest BCUT2D eigenvalue weighted by molar-refractivity contribution is 0.0898. The van der Waals surface area contributed by atoms with Crippen LogP contribution >= 0.6 is 0 Å². The lowest BCUT2D eigenvalue weighted by atomic mass is 10.1. The SMILES string of the molecule is CC(CC(O)c1ccco1)NC(=O)c1ccc(F)c(F)c1F. The Morgan fingerprint density at radius 2 is 2.00 bits per heavy atom. The van der Waals surface area contributed by atoms with Crippen LogP contribution in [0.4, 0.5) is 13.2 Å². The van der Waals surface area contributed by atoms with Gasteiger partial charge in [-0.05, 0) is 31.2 Å². The van der Waals surface area contributed by atoms with E-state index in [0.29, 0.717) is 11.8 Å². The monoisotopic (exact) mass is 313 g/mol. The molecule has 4 nitrogen and oxygen atoms in total. The number of furan rings is 1. The molecule has 0 spiro atoms. The van der Waals surface area contributed by atoms with Gasteiger partial charge in [0.05, 0.1) is 11.8 Å². The summed E-state index contributed by atoms with van der Waals surface area (Å²) in [5.74, 6) is -5.17. The molecule has 0 bridgehead atoms. The van der Waals surface area contributed by atoms with Crippen molar-refractivity contribution in [1.29, 1.82) is 0 Å². The Morgan fingerprint density at radius 3 is 2.64 bits per heavy atom. The second-order valence-corrected chi connectivity index (χ2v) is 4.86. The zero-order valence-corrected chi connectivity index (χ0v) is 11.6. The van der Waals surface area contributed by atoms with Crippen molar-refractivity contribution < 1.29 is 27.5 Å². The Bertz CT molecular complexity index is 658. The third-order valence-electron chi connectivity index (χ3n) is 3.11. The van der Waals surface area contributed by atoms with Crippen molar-refractivity contribution in [3.05, 3.63) is 59.3 Å². The molecular formula is C15H14F3NO3. The molecule has 118 valence electrons. The number of benzene rings is 1. The Hall–Kier alpha value is -2.28. The zero-order valence-electron chi connectivity index (χ0n) is 11.6. The van der Waals surface area contributed by atoms with Crippen LogP contribution < -0.4 is 5.32 Å². The van der Waals surface area contributed by atoms with Crippen LogP contribution in [0.3, 0.4) is 0 Å². The highest BCUT2D eigenvalue weighted by Crippen LogP contribution is 2.19. The molecule has 1 aromatic carbocycles. The maximum absolute atomic E-state index is 13.5. The van der Waals surface area contributed by atoms with E-state index in [4.69, 9.17) is 4.42 Å². The van der Waals surface area contributed by atoms with Gasteiger partial charge in [0, 0.05) is 12.5 Å². The smallest absolute Gasteiger partial charge is 0.254 e. The van der Waals surface area contributed by atoms with Crippen molar-refractivity contribution in [3.8, 4) is 0 Å². The van der Waals surface area contributed by atoms with Gasteiger partial charge >= 0.3 is 0 Å². The van der Waals surface area contributed by atoms with E-state index in [1.807, 2.05) is 0 Å². The number of amides is 1. The molecule has 1 aromatic heterocycles. The zero-order chi connectivity index (χ0) is 16.3. The minimum atomic E-state index is -1.70. The molecule has 0 aliphatic heterocycles. The second kappa shape index (κ2) is 6.65. The lowest BCUT2D eigenvalue weighted by Crippen LogP contribution is -2.34. The lowest BCUT2D eigenvalue weighted by Gasteiger charge is -2.17. The molecule has 2 N–H and O–H groups in total. The van der Waals surface area contributed by atoms with Crippen LogP contribution in [0.1, 0.15) is 35.6 Å². The Morgan fingerprint density at radius 1 is 1.27 bits per heavy atom. The van der Waals surface area contributed by atoms with Gasteiger partial charge in [-0.25, -0.2) is 13.2 Å². The predicted molar refractivity (Wildman–Crippen MR) is 71.5 cm³/mol. The normalized spacial score (nSPS) is 13.7. The average Bonchev–Trinajstić information content (AvgIpc) is 2.98. The molecule has 0 saturated carbocycles. The summed E-state index contributed by atoms with van der Waals surface area (Å²) in [5, 5.41) is 12.3. The second-order valence-electron chi connectivity index (χ2n) is 4.86. The van der Waals surface area contributed by atoms with Crippen LogP contribution in [0.15, 0.2) is 34.9 Å². The number of halogens is 3. The van der Waals surface area contributed by atoms with Crippen molar-refractivity contribution in [2.45, 2.75) is 25.5 Å². The number of aliphatic hydroxyl groups is 1. The maximum Gasteiger partial charge on any atom is 0.254 e. The molecule has 1 amide bonds. The number of hydrogen-bond donors (Lipinski definition) is 2. The Balaban J connectivity index is 2.01. The van der Waals surface area contributed by atoms with Gasteiger partial charge in [0.25, 0.3) is 5.91 Å². The van der Waals surface area contributed by atoms with E-state index in [-0.39, 0.29) is 6.42 Å². The van der Waals surface area contributed by atoms with Gasteiger partial charge in [-0.3, -0.25) is 4.79 Å².